The van der Waals surface area contributed by atoms with E-state index in [0.29, 0.717) is 24.7 Å². The lowest BCUT2D eigenvalue weighted by Crippen LogP contribution is -3.19. The predicted octanol–water partition coefficient (Wildman–Crippen LogP) is 2.49. The van der Waals surface area contributed by atoms with Gasteiger partial charge in [-0.05, 0) is 43.9 Å². The molecule has 156 valence electrons. The Labute approximate surface area is 165 Å². The monoisotopic (exact) mass is 398 g/mol. The number of halogens is 3. The fourth-order valence-corrected chi connectivity index (χ4v) is 4.39. The van der Waals surface area contributed by atoms with Crippen LogP contribution in [-0.2, 0) is 11.0 Å². The number of carbonyl (C=O) groups excluding carboxylic acids is 1. The van der Waals surface area contributed by atoms with Gasteiger partial charge in [0.05, 0.1) is 31.7 Å². The topological polar surface area (TPSA) is 36.8 Å². The molecule has 1 saturated carbocycles. The number of alkyl halides is 3. The van der Waals surface area contributed by atoms with Crippen molar-refractivity contribution in [2.45, 2.75) is 57.8 Å². The van der Waals surface area contributed by atoms with Gasteiger partial charge in [-0.3, -0.25) is 4.79 Å². The number of anilines is 1. The molecular formula is C21H31F3N3O+. The van der Waals surface area contributed by atoms with Crippen LogP contribution in [0, 0.1) is 5.92 Å². The van der Waals surface area contributed by atoms with Gasteiger partial charge >= 0.3 is 6.18 Å². The zero-order chi connectivity index (χ0) is 20.3. The predicted molar refractivity (Wildman–Crippen MR) is 103 cm³/mol. The molecule has 1 aliphatic carbocycles. The van der Waals surface area contributed by atoms with Crippen molar-refractivity contribution in [2.75, 3.05) is 31.1 Å². The van der Waals surface area contributed by atoms with Crippen LogP contribution < -0.4 is 15.1 Å². The van der Waals surface area contributed by atoms with Gasteiger partial charge in [-0.15, -0.1) is 0 Å². The maximum Gasteiger partial charge on any atom is 0.416 e. The van der Waals surface area contributed by atoms with E-state index in [4.69, 9.17) is 0 Å². The summed E-state index contributed by atoms with van der Waals surface area (Å²) in [7, 11) is 0. The standard InChI is InChI=1S/C21H30F3N3O/c1-15-6-3-4-9-19(15)25-20(28)16(2)26-10-12-27(13-11-26)18-8-5-7-17(14-18)21(22,23)24/h5,7-8,14-16,19H,3-4,6,9-13H2,1-2H3,(H,25,28)/p+1/t15-,16-,19-/m1/s1. The molecule has 3 atom stereocenters. The number of piperazine rings is 1. The average molecular weight is 398 g/mol. The minimum atomic E-state index is -4.33. The van der Waals surface area contributed by atoms with Crippen molar-refractivity contribution in [1.29, 1.82) is 0 Å². The average Bonchev–Trinajstić information content (AvgIpc) is 2.69. The van der Waals surface area contributed by atoms with E-state index in [-0.39, 0.29) is 18.0 Å². The summed E-state index contributed by atoms with van der Waals surface area (Å²) in [5.74, 6) is 0.624. The molecule has 0 unspecified atom stereocenters. The number of nitrogens with one attached hydrogen (secondary N) is 2. The largest absolute Gasteiger partial charge is 0.416 e. The van der Waals surface area contributed by atoms with Crippen LogP contribution in [0.25, 0.3) is 0 Å². The normalized spacial score (nSPS) is 25.4. The van der Waals surface area contributed by atoms with Gasteiger partial charge in [0.2, 0.25) is 0 Å². The zero-order valence-electron chi connectivity index (χ0n) is 16.7. The number of hydrogen-bond acceptors (Lipinski definition) is 2. The molecule has 1 heterocycles. The Morgan fingerprint density at radius 3 is 2.54 bits per heavy atom. The Bertz CT molecular complexity index is 671. The molecule has 3 rings (SSSR count). The number of carbonyl (C=O) groups is 1. The third-order valence-corrected chi connectivity index (χ3v) is 6.39. The van der Waals surface area contributed by atoms with E-state index < -0.39 is 11.7 Å². The second kappa shape index (κ2) is 8.72. The lowest BCUT2D eigenvalue weighted by molar-refractivity contribution is -0.914. The van der Waals surface area contributed by atoms with Crippen LogP contribution in [-0.4, -0.2) is 44.2 Å². The number of rotatable bonds is 4. The molecule has 7 heteroatoms. The molecule has 1 saturated heterocycles. The fourth-order valence-electron chi connectivity index (χ4n) is 4.39. The number of amides is 1. The van der Waals surface area contributed by atoms with Gasteiger partial charge < -0.3 is 15.1 Å². The summed E-state index contributed by atoms with van der Waals surface area (Å²) in [4.78, 5) is 15.9. The first-order valence-corrected chi connectivity index (χ1v) is 10.3. The van der Waals surface area contributed by atoms with Crippen LogP contribution in [0.3, 0.4) is 0 Å². The molecule has 0 spiro atoms. The van der Waals surface area contributed by atoms with Gasteiger partial charge in [-0.1, -0.05) is 25.8 Å². The molecule has 0 aromatic heterocycles. The first-order valence-electron chi connectivity index (χ1n) is 10.3. The van der Waals surface area contributed by atoms with Crippen LogP contribution in [0.5, 0.6) is 0 Å². The van der Waals surface area contributed by atoms with Gasteiger partial charge in [0.15, 0.2) is 6.04 Å². The smallest absolute Gasteiger partial charge is 0.360 e. The zero-order valence-corrected chi connectivity index (χ0v) is 16.7. The molecule has 0 radical (unpaired) electrons. The molecule has 1 aromatic carbocycles. The molecule has 2 fully saturated rings. The Morgan fingerprint density at radius 1 is 1.21 bits per heavy atom. The van der Waals surface area contributed by atoms with Crippen molar-refractivity contribution >= 4 is 11.6 Å². The van der Waals surface area contributed by atoms with Crippen molar-refractivity contribution < 1.29 is 22.9 Å². The van der Waals surface area contributed by atoms with Crippen LogP contribution in [0.15, 0.2) is 24.3 Å². The molecule has 28 heavy (non-hydrogen) atoms. The number of nitrogens with zero attached hydrogens (tertiary/aromatic N) is 1. The van der Waals surface area contributed by atoms with Gasteiger partial charge in [-0.2, -0.15) is 13.2 Å². The molecule has 2 N–H and O–H groups in total. The molecular weight excluding hydrogens is 367 g/mol. The van der Waals surface area contributed by atoms with E-state index in [1.165, 1.54) is 36.3 Å². The van der Waals surface area contributed by atoms with Gasteiger partial charge in [0, 0.05) is 11.7 Å². The number of hydrogen-bond donors (Lipinski definition) is 2. The Morgan fingerprint density at radius 2 is 1.89 bits per heavy atom. The second-order valence-electron chi connectivity index (χ2n) is 8.29. The van der Waals surface area contributed by atoms with E-state index in [1.807, 2.05) is 11.8 Å². The second-order valence-corrected chi connectivity index (χ2v) is 8.29. The summed E-state index contributed by atoms with van der Waals surface area (Å²) < 4.78 is 38.8. The van der Waals surface area contributed by atoms with E-state index in [2.05, 4.69) is 12.2 Å². The van der Waals surface area contributed by atoms with Crippen LogP contribution in [0.2, 0.25) is 0 Å². The number of quaternary nitrogens is 1. The van der Waals surface area contributed by atoms with Crippen molar-refractivity contribution in [1.82, 2.24) is 5.32 Å². The maximum atomic E-state index is 12.9. The van der Waals surface area contributed by atoms with Crippen molar-refractivity contribution in [3.63, 3.8) is 0 Å². The molecule has 1 aromatic rings. The highest BCUT2D eigenvalue weighted by Gasteiger charge is 2.33. The van der Waals surface area contributed by atoms with E-state index >= 15 is 0 Å². The van der Waals surface area contributed by atoms with E-state index in [9.17, 15) is 18.0 Å². The Hall–Kier alpha value is -1.76. The van der Waals surface area contributed by atoms with Crippen LogP contribution in [0.1, 0.15) is 45.1 Å². The van der Waals surface area contributed by atoms with E-state index in [0.717, 1.165) is 25.6 Å². The van der Waals surface area contributed by atoms with Gasteiger partial charge in [0.1, 0.15) is 0 Å². The van der Waals surface area contributed by atoms with E-state index in [1.54, 1.807) is 6.07 Å². The molecule has 1 aliphatic heterocycles. The summed E-state index contributed by atoms with van der Waals surface area (Å²) in [6.07, 6.45) is 0.310. The van der Waals surface area contributed by atoms with Crippen molar-refractivity contribution in [2.24, 2.45) is 5.92 Å². The van der Waals surface area contributed by atoms with Crippen LogP contribution >= 0.6 is 0 Å². The maximum absolute atomic E-state index is 12.9. The molecule has 1 amide bonds. The molecule has 2 aliphatic rings. The SMILES string of the molecule is C[C@@H]1CCCC[C@H]1NC(=O)[C@@H](C)[NH+]1CCN(c2cccc(C(F)(F)F)c2)CC1. The minimum Gasteiger partial charge on any atom is -0.360 e. The van der Waals surface area contributed by atoms with Crippen molar-refractivity contribution in [3.8, 4) is 0 Å². The lowest BCUT2D eigenvalue weighted by atomic mass is 9.86. The first kappa shape index (κ1) is 21.0. The fraction of sp³-hybridized carbons (Fsp3) is 0.667. The molecule has 0 bridgehead atoms. The highest BCUT2D eigenvalue weighted by molar-refractivity contribution is 5.80. The summed E-state index contributed by atoms with van der Waals surface area (Å²) in [5.41, 5.74) is -0.0175. The third kappa shape index (κ3) is 4.99. The van der Waals surface area contributed by atoms with Gasteiger partial charge in [-0.25, -0.2) is 0 Å². The Kier molecular flexibility index (Phi) is 6.53. The lowest BCUT2D eigenvalue weighted by Gasteiger charge is -2.37. The summed E-state index contributed by atoms with van der Waals surface area (Å²) >= 11 is 0. The first-order chi connectivity index (χ1) is 13.3. The van der Waals surface area contributed by atoms with Crippen LogP contribution in [0.4, 0.5) is 18.9 Å². The minimum absolute atomic E-state index is 0.0984. The van der Waals surface area contributed by atoms with Gasteiger partial charge in [0.25, 0.3) is 5.91 Å². The quantitative estimate of drug-likeness (QED) is 0.818. The van der Waals surface area contributed by atoms with Crippen molar-refractivity contribution in [3.05, 3.63) is 29.8 Å². The summed E-state index contributed by atoms with van der Waals surface area (Å²) in [6, 6.07) is 5.63. The summed E-state index contributed by atoms with van der Waals surface area (Å²) in [6.45, 7) is 6.94. The summed E-state index contributed by atoms with van der Waals surface area (Å²) in [5, 5.41) is 3.23. The number of benzene rings is 1. The highest BCUT2D eigenvalue weighted by Crippen LogP contribution is 2.31. The molecule has 4 nitrogen and oxygen atoms in total. The Balaban J connectivity index is 1.54. The highest BCUT2D eigenvalue weighted by atomic mass is 19.4. The third-order valence-electron chi connectivity index (χ3n) is 6.39.